The summed E-state index contributed by atoms with van der Waals surface area (Å²) in [5, 5.41) is 7.57. The maximum atomic E-state index is 4.49. The Morgan fingerprint density at radius 2 is 2.38 bits per heavy atom. The first-order valence-corrected chi connectivity index (χ1v) is 6.38. The van der Waals surface area contributed by atoms with Gasteiger partial charge in [0, 0.05) is 6.54 Å². The monoisotopic (exact) mass is 220 g/mol. The summed E-state index contributed by atoms with van der Waals surface area (Å²) in [4.78, 5) is 4.30. The Morgan fingerprint density at radius 3 is 3.06 bits per heavy atom. The topological polar surface area (TPSA) is 42.7 Å². The molecule has 2 saturated carbocycles. The van der Waals surface area contributed by atoms with Crippen molar-refractivity contribution in [2.45, 2.75) is 38.8 Å². The molecule has 2 aliphatic carbocycles. The van der Waals surface area contributed by atoms with Gasteiger partial charge in [0.25, 0.3) is 0 Å². The highest BCUT2D eigenvalue weighted by Crippen LogP contribution is 2.48. The van der Waals surface area contributed by atoms with E-state index in [1.807, 2.05) is 18.1 Å². The van der Waals surface area contributed by atoms with Gasteiger partial charge in [0.15, 0.2) is 5.82 Å². The molecule has 1 heterocycles. The molecular weight excluding hydrogens is 200 g/mol. The van der Waals surface area contributed by atoms with Crippen molar-refractivity contribution in [1.82, 2.24) is 20.1 Å². The van der Waals surface area contributed by atoms with Crippen LogP contribution in [0.5, 0.6) is 0 Å². The molecule has 2 fully saturated rings. The van der Waals surface area contributed by atoms with E-state index >= 15 is 0 Å². The van der Waals surface area contributed by atoms with Gasteiger partial charge < -0.3 is 5.32 Å². The first-order valence-electron chi connectivity index (χ1n) is 6.38. The van der Waals surface area contributed by atoms with E-state index in [1.165, 1.54) is 25.7 Å². The van der Waals surface area contributed by atoms with E-state index in [9.17, 15) is 0 Å². The Morgan fingerprint density at radius 1 is 1.44 bits per heavy atom. The summed E-state index contributed by atoms with van der Waals surface area (Å²) in [6.45, 7) is 1.85. The van der Waals surface area contributed by atoms with E-state index in [1.54, 1.807) is 0 Å². The molecule has 16 heavy (non-hydrogen) atoms. The quantitative estimate of drug-likeness (QED) is 0.834. The van der Waals surface area contributed by atoms with Crippen LogP contribution in [-0.2, 0) is 13.1 Å². The first-order chi connectivity index (χ1) is 7.85. The van der Waals surface area contributed by atoms with E-state index in [0.29, 0.717) is 0 Å². The van der Waals surface area contributed by atoms with Gasteiger partial charge in [-0.2, -0.15) is 5.10 Å². The molecule has 0 spiro atoms. The zero-order valence-electron chi connectivity index (χ0n) is 9.89. The van der Waals surface area contributed by atoms with Crippen LogP contribution in [-0.4, -0.2) is 21.8 Å². The lowest BCUT2D eigenvalue weighted by atomic mass is 9.89. The van der Waals surface area contributed by atoms with Gasteiger partial charge in [0.1, 0.15) is 6.33 Å². The molecule has 4 nitrogen and oxygen atoms in total. The van der Waals surface area contributed by atoms with Gasteiger partial charge in [-0.15, -0.1) is 0 Å². The van der Waals surface area contributed by atoms with Crippen LogP contribution in [0.15, 0.2) is 6.33 Å². The number of hydrogen-bond acceptors (Lipinski definition) is 3. The van der Waals surface area contributed by atoms with E-state index < -0.39 is 0 Å². The predicted octanol–water partition coefficient (Wildman–Crippen LogP) is 1.43. The normalized spacial score (nSPS) is 32.4. The molecule has 2 bridgehead atoms. The Balaban J connectivity index is 1.61. The third-order valence-corrected chi connectivity index (χ3v) is 4.22. The van der Waals surface area contributed by atoms with Crippen molar-refractivity contribution in [3.63, 3.8) is 0 Å². The highest BCUT2D eigenvalue weighted by molar-refractivity contribution is 4.90. The zero-order chi connectivity index (χ0) is 11.0. The van der Waals surface area contributed by atoms with Crippen LogP contribution < -0.4 is 5.32 Å². The molecule has 1 N–H and O–H groups in total. The second kappa shape index (κ2) is 4.17. The third-order valence-electron chi connectivity index (χ3n) is 4.22. The summed E-state index contributed by atoms with van der Waals surface area (Å²) < 4.78 is 2.04. The molecule has 1 aromatic rings. The molecule has 3 atom stereocenters. The van der Waals surface area contributed by atoms with Gasteiger partial charge in [-0.1, -0.05) is 6.42 Å². The largest absolute Gasteiger partial charge is 0.313 e. The fourth-order valence-electron chi connectivity index (χ4n) is 3.50. The van der Waals surface area contributed by atoms with Gasteiger partial charge in [-0.25, -0.2) is 4.98 Å². The second-order valence-electron chi connectivity index (χ2n) is 5.35. The van der Waals surface area contributed by atoms with Crippen molar-refractivity contribution in [1.29, 1.82) is 0 Å². The van der Waals surface area contributed by atoms with Crippen LogP contribution >= 0.6 is 0 Å². The van der Waals surface area contributed by atoms with Crippen LogP contribution in [0.1, 0.15) is 31.5 Å². The second-order valence-corrected chi connectivity index (χ2v) is 5.35. The van der Waals surface area contributed by atoms with Crippen LogP contribution in [0.3, 0.4) is 0 Å². The van der Waals surface area contributed by atoms with Gasteiger partial charge in [-0.3, -0.25) is 4.68 Å². The van der Waals surface area contributed by atoms with Gasteiger partial charge in [-0.05, 0) is 44.1 Å². The van der Waals surface area contributed by atoms with Crippen molar-refractivity contribution in [3.05, 3.63) is 12.2 Å². The minimum Gasteiger partial charge on any atom is -0.313 e. The van der Waals surface area contributed by atoms with Crippen molar-refractivity contribution in [2.24, 2.45) is 17.8 Å². The summed E-state index contributed by atoms with van der Waals surface area (Å²) in [6, 6.07) is 0. The summed E-state index contributed by atoms with van der Waals surface area (Å²) in [7, 11) is 1.93. The first kappa shape index (κ1) is 10.3. The Kier molecular flexibility index (Phi) is 2.67. The third kappa shape index (κ3) is 1.86. The Labute approximate surface area is 96.4 Å². The highest BCUT2D eigenvalue weighted by atomic mass is 15.3. The lowest BCUT2D eigenvalue weighted by molar-refractivity contribution is 0.285. The van der Waals surface area contributed by atoms with Crippen LogP contribution in [0.25, 0.3) is 0 Å². The Bertz CT molecular complexity index is 360. The number of aromatic nitrogens is 3. The molecule has 1 aromatic heterocycles. The summed E-state index contributed by atoms with van der Waals surface area (Å²) in [5.74, 6) is 3.77. The van der Waals surface area contributed by atoms with Crippen LogP contribution in [0.4, 0.5) is 0 Å². The van der Waals surface area contributed by atoms with Crippen molar-refractivity contribution in [2.75, 3.05) is 7.05 Å². The highest BCUT2D eigenvalue weighted by Gasteiger charge is 2.39. The van der Waals surface area contributed by atoms with Gasteiger partial charge in [0.05, 0.1) is 6.54 Å². The smallest absolute Gasteiger partial charge is 0.164 e. The van der Waals surface area contributed by atoms with E-state index in [0.717, 1.165) is 36.7 Å². The van der Waals surface area contributed by atoms with Gasteiger partial charge in [0.2, 0.25) is 0 Å². The number of fused-ring (bicyclic) bond motifs is 2. The number of nitrogens with zero attached hydrogens (tertiary/aromatic N) is 3. The lowest BCUT2D eigenvalue weighted by Gasteiger charge is -2.20. The van der Waals surface area contributed by atoms with E-state index in [-0.39, 0.29) is 0 Å². The lowest BCUT2D eigenvalue weighted by Crippen LogP contribution is -2.18. The van der Waals surface area contributed by atoms with Crippen molar-refractivity contribution >= 4 is 0 Å². The zero-order valence-corrected chi connectivity index (χ0v) is 9.89. The standard InChI is InChI=1S/C12H20N4/c1-13-6-12-14-8-16(15-12)7-11-5-9-2-3-10(11)4-9/h8-11,13H,2-7H2,1H3. The minimum absolute atomic E-state index is 0.768. The molecule has 3 rings (SSSR count). The molecule has 88 valence electrons. The maximum absolute atomic E-state index is 4.49. The molecule has 2 aliphatic rings. The summed E-state index contributed by atoms with van der Waals surface area (Å²) >= 11 is 0. The van der Waals surface area contributed by atoms with Crippen LogP contribution in [0, 0.1) is 17.8 Å². The fraction of sp³-hybridized carbons (Fsp3) is 0.833. The Hall–Kier alpha value is -0.900. The summed E-state index contributed by atoms with van der Waals surface area (Å²) in [6.07, 6.45) is 7.71. The van der Waals surface area contributed by atoms with Gasteiger partial charge >= 0.3 is 0 Å². The molecule has 3 unspecified atom stereocenters. The van der Waals surface area contributed by atoms with E-state index in [4.69, 9.17) is 0 Å². The molecular formula is C12H20N4. The molecule has 0 aliphatic heterocycles. The molecule has 0 radical (unpaired) electrons. The number of nitrogens with one attached hydrogen (secondary N) is 1. The predicted molar refractivity (Wildman–Crippen MR) is 61.7 cm³/mol. The van der Waals surface area contributed by atoms with Crippen LogP contribution in [0.2, 0.25) is 0 Å². The SMILES string of the molecule is CNCc1ncn(CC2CC3CCC2C3)n1. The average molecular weight is 220 g/mol. The summed E-state index contributed by atoms with van der Waals surface area (Å²) in [5.41, 5.74) is 0. The van der Waals surface area contributed by atoms with Crippen molar-refractivity contribution < 1.29 is 0 Å². The molecule has 0 saturated heterocycles. The maximum Gasteiger partial charge on any atom is 0.164 e. The number of hydrogen-bond donors (Lipinski definition) is 1. The van der Waals surface area contributed by atoms with Crippen molar-refractivity contribution in [3.8, 4) is 0 Å². The van der Waals surface area contributed by atoms with E-state index in [2.05, 4.69) is 15.4 Å². The average Bonchev–Trinajstić information content (AvgIpc) is 2.95. The fourth-order valence-corrected chi connectivity index (χ4v) is 3.50. The number of rotatable bonds is 4. The molecule has 0 aromatic carbocycles. The molecule has 4 heteroatoms. The molecule has 0 amide bonds. The minimum atomic E-state index is 0.768.